The van der Waals surface area contributed by atoms with Crippen LogP contribution in [0.2, 0.25) is 0 Å². The number of benzene rings is 1. The molecule has 0 amide bonds. The molecule has 3 heterocycles. The first-order valence-electron chi connectivity index (χ1n) is 7.50. The highest BCUT2D eigenvalue weighted by atomic mass is 19.1. The lowest BCUT2D eigenvalue weighted by atomic mass is 10.1. The zero-order chi connectivity index (χ0) is 16.5. The molecule has 0 aliphatic rings. The van der Waals surface area contributed by atoms with Crippen molar-refractivity contribution in [3.8, 4) is 11.3 Å². The Morgan fingerprint density at radius 3 is 2.67 bits per heavy atom. The van der Waals surface area contributed by atoms with Crippen molar-refractivity contribution in [2.75, 3.05) is 5.32 Å². The van der Waals surface area contributed by atoms with E-state index < -0.39 is 0 Å². The zero-order valence-corrected chi connectivity index (χ0v) is 12.9. The minimum absolute atomic E-state index is 0.264. The molecule has 0 bridgehead atoms. The van der Waals surface area contributed by atoms with E-state index in [1.165, 1.54) is 12.1 Å². The molecule has 118 valence electrons. The Morgan fingerprint density at radius 2 is 1.88 bits per heavy atom. The van der Waals surface area contributed by atoms with Crippen molar-refractivity contribution in [3.63, 3.8) is 0 Å². The van der Waals surface area contributed by atoms with E-state index in [1.807, 2.05) is 37.3 Å². The molecule has 4 aromatic rings. The second-order valence-corrected chi connectivity index (χ2v) is 5.43. The molecule has 0 aliphatic heterocycles. The van der Waals surface area contributed by atoms with Crippen molar-refractivity contribution in [1.82, 2.24) is 19.6 Å². The molecular formula is C18H14FN5. The van der Waals surface area contributed by atoms with Gasteiger partial charge >= 0.3 is 0 Å². The van der Waals surface area contributed by atoms with Gasteiger partial charge in [0, 0.05) is 23.1 Å². The number of hydrogen-bond acceptors (Lipinski definition) is 4. The summed E-state index contributed by atoms with van der Waals surface area (Å²) in [4.78, 5) is 8.66. The van der Waals surface area contributed by atoms with Crippen LogP contribution in [0.5, 0.6) is 0 Å². The topological polar surface area (TPSA) is 55.1 Å². The van der Waals surface area contributed by atoms with Crippen molar-refractivity contribution in [3.05, 3.63) is 72.3 Å². The third-order valence-corrected chi connectivity index (χ3v) is 3.65. The van der Waals surface area contributed by atoms with E-state index in [0.717, 1.165) is 22.6 Å². The smallest absolute Gasteiger partial charge is 0.247 e. The fraction of sp³-hybridized carbons (Fsp3) is 0.0556. The Bertz CT molecular complexity index is 1010. The van der Waals surface area contributed by atoms with Crippen LogP contribution in [0.15, 0.2) is 60.8 Å². The van der Waals surface area contributed by atoms with Crippen LogP contribution < -0.4 is 5.32 Å². The quantitative estimate of drug-likeness (QED) is 0.620. The Kier molecular flexibility index (Phi) is 3.42. The summed E-state index contributed by atoms with van der Waals surface area (Å²) < 4.78 is 14.9. The van der Waals surface area contributed by atoms with E-state index in [2.05, 4.69) is 20.4 Å². The standard InChI is InChI=1S/C18H14FN5/c1-12-11-15(9-10-20-12)21-18-22-17-4-2-3-16(24(17)23-18)13-5-7-14(19)8-6-13/h2-11H,1H3,(H,20,21,23). The van der Waals surface area contributed by atoms with Gasteiger partial charge in [-0.1, -0.05) is 6.07 Å². The molecule has 1 aromatic carbocycles. The molecule has 0 saturated carbocycles. The molecule has 3 aromatic heterocycles. The Morgan fingerprint density at radius 1 is 1.04 bits per heavy atom. The van der Waals surface area contributed by atoms with Crippen LogP contribution >= 0.6 is 0 Å². The van der Waals surface area contributed by atoms with E-state index in [1.54, 1.807) is 22.8 Å². The number of aromatic nitrogens is 4. The van der Waals surface area contributed by atoms with Gasteiger partial charge in [0.15, 0.2) is 5.65 Å². The lowest BCUT2D eigenvalue weighted by molar-refractivity contribution is 0.628. The van der Waals surface area contributed by atoms with Gasteiger partial charge in [0.05, 0.1) is 5.69 Å². The van der Waals surface area contributed by atoms with Gasteiger partial charge in [0.1, 0.15) is 5.82 Å². The van der Waals surface area contributed by atoms with Gasteiger partial charge in [0.2, 0.25) is 5.95 Å². The van der Waals surface area contributed by atoms with Crippen molar-refractivity contribution in [2.45, 2.75) is 6.92 Å². The summed E-state index contributed by atoms with van der Waals surface area (Å²) in [5.41, 5.74) is 4.22. The van der Waals surface area contributed by atoms with Crippen LogP contribution in [0.1, 0.15) is 5.69 Å². The molecule has 5 nitrogen and oxygen atoms in total. The van der Waals surface area contributed by atoms with Crippen LogP contribution in [0.3, 0.4) is 0 Å². The average molecular weight is 319 g/mol. The Labute approximate surface area is 137 Å². The number of aryl methyl sites for hydroxylation is 1. The van der Waals surface area contributed by atoms with Crippen LogP contribution in [0, 0.1) is 12.7 Å². The van der Waals surface area contributed by atoms with E-state index in [4.69, 9.17) is 0 Å². The molecule has 0 saturated heterocycles. The number of hydrogen-bond donors (Lipinski definition) is 1. The monoisotopic (exact) mass is 319 g/mol. The van der Waals surface area contributed by atoms with Crippen molar-refractivity contribution in [2.24, 2.45) is 0 Å². The van der Waals surface area contributed by atoms with E-state index in [0.29, 0.717) is 11.6 Å². The maximum absolute atomic E-state index is 13.1. The molecule has 0 unspecified atom stereocenters. The minimum atomic E-state index is -0.264. The predicted molar refractivity (Wildman–Crippen MR) is 90.6 cm³/mol. The van der Waals surface area contributed by atoms with Gasteiger partial charge < -0.3 is 5.32 Å². The summed E-state index contributed by atoms with van der Waals surface area (Å²) >= 11 is 0. The SMILES string of the molecule is Cc1cc(Nc2nc3cccc(-c4ccc(F)cc4)n3n2)ccn1. The molecule has 6 heteroatoms. The fourth-order valence-electron chi connectivity index (χ4n) is 2.55. The molecule has 4 rings (SSSR count). The first-order chi connectivity index (χ1) is 11.7. The van der Waals surface area contributed by atoms with Crippen molar-refractivity contribution < 1.29 is 4.39 Å². The highest BCUT2D eigenvalue weighted by Gasteiger charge is 2.09. The fourth-order valence-corrected chi connectivity index (χ4v) is 2.55. The third-order valence-electron chi connectivity index (χ3n) is 3.65. The third kappa shape index (κ3) is 2.69. The van der Waals surface area contributed by atoms with Crippen LogP contribution in [-0.4, -0.2) is 19.6 Å². The van der Waals surface area contributed by atoms with Gasteiger partial charge in [0.25, 0.3) is 0 Å². The first kappa shape index (κ1) is 14.3. The summed E-state index contributed by atoms with van der Waals surface area (Å²) in [6.45, 7) is 1.93. The molecule has 0 fully saturated rings. The summed E-state index contributed by atoms with van der Waals surface area (Å²) in [6, 6.07) is 15.8. The molecule has 0 aliphatic carbocycles. The lowest BCUT2D eigenvalue weighted by Gasteiger charge is -2.04. The van der Waals surface area contributed by atoms with Gasteiger partial charge in [-0.2, -0.15) is 4.98 Å². The maximum atomic E-state index is 13.1. The normalized spacial score (nSPS) is 10.9. The number of nitrogens with zero attached hydrogens (tertiary/aromatic N) is 4. The molecule has 0 spiro atoms. The first-order valence-corrected chi connectivity index (χ1v) is 7.50. The number of halogens is 1. The minimum Gasteiger partial charge on any atom is -0.323 e. The van der Waals surface area contributed by atoms with Gasteiger partial charge in [-0.05, 0) is 55.5 Å². The second kappa shape index (κ2) is 5.73. The van der Waals surface area contributed by atoms with Gasteiger partial charge in [-0.15, -0.1) is 5.10 Å². The van der Waals surface area contributed by atoms with E-state index in [9.17, 15) is 4.39 Å². The molecule has 24 heavy (non-hydrogen) atoms. The summed E-state index contributed by atoms with van der Waals surface area (Å²) in [5, 5.41) is 7.70. The van der Waals surface area contributed by atoms with Crippen molar-refractivity contribution >= 4 is 17.3 Å². The van der Waals surface area contributed by atoms with Crippen LogP contribution in [0.4, 0.5) is 16.0 Å². The van der Waals surface area contributed by atoms with Crippen molar-refractivity contribution in [1.29, 1.82) is 0 Å². The highest BCUT2D eigenvalue weighted by Crippen LogP contribution is 2.22. The van der Waals surface area contributed by atoms with Gasteiger partial charge in [-0.25, -0.2) is 8.91 Å². The molecule has 0 radical (unpaired) electrons. The average Bonchev–Trinajstić information content (AvgIpc) is 2.98. The predicted octanol–water partition coefficient (Wildman–Crippen LogP) is 3.98. The second-order valence-electron chi connectivity index (χ2n) is 5.43. The number of rotatable bonds is 3. The van der Waals surface area contributed by atoms with E-state index in [-0.39, 0.29) is 5.82 Å². The number of anilines is 2. The molecular weight excluding hydrogens is 305 g/mol. The number of pyridine rings is 2. The maximum Gasteiger partial charge on any atom is 0.247 e. The zero-order valence-electron chi connectivity index (χ0n) is 12.9. The largest absolute Gasteiger partial charge is 0.323 e. The Balaban J connectivity index is 1.75. The number of nitrogens with one attached hydrogen (secondary N) is 1. The van der Waals surface area contributed by atoms with Crippen LogP contribution in [0.25, 0.3) is 16.9 Å². The molecule has 1 N–H and O–H groups in total. The summed E-state index contributed by atoms with van der Waals surface area (Å²) in [6.07, 6.45) is 1.73. The molecule has 0 atom stereocenters. The summed E-state index contributed by atoms with van der Waals surface area (Å²) in [7, 11) is 0. The highest BCUT2D eigenvalue weighted by molar-refractivity contribution is 5.64. The summed E-state index contributed by atoms with van der Waals surface area (Å²) in [5.74, 6) is 0.232. The van der Waals surface area contributed by atoms with E-state index >= 15 is 0 Å². The lowest BCUT2D eigenvalue weighted by Crippen LogP contribution is -1.96. The van der Waals surface area contributed by atoms with Gasteiger partial charge in [-0.3, -0.25) is 4.98 Å². The van der Waals surface area contributed by atoms with Crippen LogP contribution in [-0.2, 0) is 0 Å². The Hall–Kier alpha value is -3.28. The number of fused-ring (bicyclic) bond motifs is 1.